The number of hydrogen-bond acceptors (Lipinski definition) is 7. The summed E-state index contributed by atoms with van der Waals surface area (Å²) in [5.74, 6) is -2.75. The van der Waals surface area contributed by atoms with Crippen LogP contribution in [0.2, 0.25) is 0 Å². The first kappa shape index (κ1) is 25.7. The van der Waals surface area contributed by atoms with E-state index < -0.39 is 47.9 Å². The van der Waals surface area contributed by atoms with E-state index in [1.54, 1.807) is 13.1 Å². The van der Waals surface area contributed by atoms with Crippen LogP contribution in [0.15, 0.2) is 12.5 Å². The third-order valence-corrected chi connectivity index (χ3v) is 6.14. The molecule has 0 bridgehead atoms. The van der Waals surface area contributed by atoms with Crippen LogP contribution >= 0.6 is 12.6 Å². The van der Waals surface area contributed by atoms with Gasteiger partial charge in [-0.3, -0.25) is 14.4 Å². The molecule has 1 saturated heterocycles. The number of rotatable bonds is 11. The molecule has 1 aliphatic heterocycles. The van der Waals surface area contributed by atoms with Crippen LogP contribution in [0.4, 0.5) is 0 Å². The quantitative estimate of drug-likeness (QED) is 0.233. The highest BCUT2D eigenvalue weighted by atomic mass is 32.1. The number of nitrogens with zero attached hydrogens (tertiary/aromatic N) is 2. The van der Waals surface area contributed by atoms with Gasteiger partial charge in [0.2, 0.25) is 17.7 Å². The summed E-state index contributed by atoms with van der Waals surface area (Å²) in [6.07, 6.45) is 4.72. The van der Waals surface area contributed by atoms with Crippen molar-refractivity contribution in [3.63, 3.8) is 0 Å². The van der Waals surface area contributed by atoms with Crippen molar-refractivity contribution in [2.24, 2.45) is 11.7 Å². The zero-order valence-corrected chi connectivity index (χ0v) is 19.2. The molecule has 0 aromatic carbocycles. The number of aromatic nitrogens is 2. The van der Waals surface area contributed by atoms with E-state index >= 15 is 0 Å². The van der Waals surface area contributed by atoms with Crippen LogP contribution < -0.4 is 16.4 Å². The van der Waals surface area contributed by atoms with Gasteiger partial charge in [-0.05, 0) is 18.8 Å². The molecule has 0 aliphatic carbocycles. The lowest BCUT2D eigenvalue weighted by molar-refractivity contribution is -0.146. The highest BCUT2D eigenvalue weighted by molar-refractivity contribution is 7.80. The van der Waals surface area contributed by atoms with E-state index in [1.165, 1.54) is 11.2 Å². The van der Waals surface area contributed by atoms with Gasteiger partial charge >= 0.3 is 5.97 Å². The smallest absolute Gasteiger partial charge is 0.326 e. The minimum atomic E-state index is -1.12. The number of H-pyrrole nitrogens is 1. The Morgan fingerprint density at radius 2 is 2.09 bits per heavy atom. The van der Waals surface area contributed by atoms with Gasteiger partial charge in [0.25, 0.3) is 0 Å². The maximum absolute atomic E-state index is 13.4. The van der Waals surface area contributed by atoms with Crippen molar-refractivity contribution in [2.75, 3.05) is 12.3 Å². The lowest BCUT2D eigenvalue weighted by Crippen LogP contribution is -2.58. The van der Waals surface area contributed by atoms with Crippen LogP contribution in [0.1, 0.15) is 38.8 Å². The Balaban J connectivity index is 2.18. The second-order valence-corrected chi connectivity index (χ2v) is 8.40. The summed E-state index contributed by atoms with van der Waals surface area (Å²) in [6.45, 7) is 3.92. The van der Waals surface area contributed by atoms with Crippen molar-refractivity contribution < 1.29 is 24.3 Å². The molecule has 2 rings (SSSR count). The molecule has 1 fully saturated rings. The number of nitrogens with two attached hydrogens (primary N) is 1. The number of thiol groups is 1. The number of carboxylic acids is 1. The van der Waals surface area contributed by atoms with Crippen molar-refractivity contribution >= 4 is 36.3 Å². The van der Waals surface area contributed by atoms with Crippen molar-refractivity contribution in [1.82, 2.24) is 25.5 Å². The molecule has 6 N–H and O–H groups in total. The van der Waals surface area contributed by atoms with E-state index in [2.05, 4.69) is 33.2 Å². The van der Waals surface area contributed by atoms with Gasteiger partial charge in [0.1, 0.15) is 18.1 Å². The number of carbonyl (C=O) groups excluding carboxylic acids is 3. The van der Waals surface area contributed by atoms with E-state index in [4.69, 9.17) is 5.73 Å². The molecule has 178 valence electrons. The first-order chi connectivity index (χ1) is 15.2. The molecule has 0 saturated carbocycles. The van der Waals surface area contributed by atoms with Crippen molar-refractivity contribution in [1.29, 1.82) is 0 Å². The molecule has 5 atom stereocenters. The van der Waals surface area contributed by atoms with Crippen LogP contribution in [0.5, 0.6) is 0 Å². The normalized spacial score (nSPS) is 19.6. The fourth-order valence-electron chi connectivity index (χ4n) is 3.61. The van der Waals surface area contributed by atoms with Crippen molar-refractivity contribution in [2.45, 2.75) is 63.7 Å². The lowest BCUT2D eigenvalue weighted by atomic mass is 9.98. The van der Waals surface area contributed by atoms with E-state index in [0.717, 1.165) is 0 Å². The van der Waals surface area contributed by atoms with Gasteiger partial charge < -0.3 is 31.4 Å². The Labute approximate surface area is 192 Å². The molecule has 5 unspecified atom stereocenters. The Kier molecular flexibility index (Phi) is 9.51. The van der Waals surface area contributed by atoms with Gasteiger partial charge in [-0.25, -0.2) is 9.78 Å². The van der Waals surface area contributed by atoms with Crippen LogP contribution in [-0.4, -0.2) is 80.1 Å². The number of aliphatic carboxylic acids is 1. The Morgan fingerprint density at radius 3 is 2.66 bits per heavy atom. The van der Waals surface area contributed by atoms with Gasteiger partial charge in [-0.15, -0.1) is 0 Å². The van der Waals surface area contributed by atoms with Gasteiger partial charge in [-0.1, -0.05) is 20.3 Å². The van der Waals surface area contributed by atoms with Crippen LogP contribution in [0.25, 0.3) is 0 Å². The Morgan fingerprint density at radius 1 is 1.38 bits per heavy atom. The first-order valence-corrected chi connectivity index (χ1v) is 11.3. The average Bonchev–Trinajstić information content (AvgIpc) is 3.47. The number of hydrogen-bond donors (Lipinski definition) is 6. The number of carbonyl (C=O) groups is 4. The predicted octanol–water partition coefficient (Wildman–Crippen LogP) is -0.699. The minimum Gasteiger partial charge on any atom is -0.480 e. The first-order valence-electron chi connectivity index (χ1n) is 10.7. The zero-order chi connectivity index (χ0) is 23.8. The monoisotopic (exact) mass is 468 g/mol. The molecule has 2 heterocycles. The van der Waals surface area contributed by atoms with Crippen LogP contribution in [0, 0.1) is 5.92 Å². The van der Waals surface area contributed by atoms with Gasteiger partial charge in [0, 0.05) is 30.6 Å². The van der Waals surface area contributed by atoms with E-state index in [0.29, 0.717) is 31.5 Å². The number of aromatic amines is 1. The number of likely N-dealkylation sites (tertiary alicyclic amines) is 1. The lowest BCUT2D eigenvalue weighted by Gasteiger charge is -2.30. The van der Waals surface area contributed by atoms with Crippen molar-refractivity contribution in [3.05, 3.63) is 18.2 Å². The third kappa shape index (κ3) is 6.45. The highest BCUT2D eigenvalue weighted by Crippen LogP contribution is 2.20. The molecule has 11 nitrogen and oxygen atoms in total. The number of imidazole rings is 1. The maximum atomic E-state index is 13.4. The molecule has 1 aromatic heterocycles. The van der Waals surface area contributed by atoms with Gasteiger partial charge in [0.15, 0.2) is 0 Å². The molecule has 12 heteroatoms. The summed E-state index contributed by atoms with van der Waals surface area (Å²) in [6, 6.07) is -3.71. The standard InChI is InChI=1S/C20H32N6O5S/c1-3-11(2)16(20(30)31)25-18(28)15-5-4-6-26(15)19(29)14(7-12-8-22-10-23-12)24-17(27)13(21)9-32/h8,10-11,13-16,32H,3-7,9,21H2,1-2H3,(H,22,23)(H,24,27)(H,25,28)(H,30,31). The Hall–Kier alpha value is -2.60. The van der Waals surface area contributed by atoms with E-state index in [-0.39, 0.29) is 18.1 Å². The number of nitrogens with one attached hydrogen (secondary N) is 3. The fourth-order valence-corrected chi connectivity index (χ4v) is 3.78. The third-order valence-electron chi connectivity index (χ3n) is 5.74. The Bertz CT molecular complexity index is 804. The predicted molar refractivity (Wildman–Crippen MR) is 120 cm³/mol. The highest BCUT2D eigenvalue weighted by Gasteiger charge is 2.39. The van der Waals surface area contributed by atoms with Gasteiger partial charge in [-0.2, -0.15) is 12.6 Å². The minimum absolute atomic E-state index is 0.109. The molecule has 32 heavy (non-hydrogen) atoms. The van der Waals surface area contributed by atoms with E-state index in [9.17, 15) is 24.3 Å². The SMILES string of the molecule is CCC(C)C(NC(=O)C1CCCN1C(=O)C(Cc1cnc[nH]1)NC(=O)C(N)CS)C(=O)O. The molecule has 0 radical (unpaired) electrons. The summed E-state index contributed by atoms with van der Waals surface area (Å²) in [4.78, 5) is 58.4. The van der Waals surface area contributed by atoms with Gasteiger partial charge in [0.05, 0.1) is 12.4 Å². The fraction of sp³-hybridized carbons (Fsp3) is 0.650. The topological polar surface area (TPSA) is 171 Å². The summed E-state index contributed by atoms with van der Waals surface area (Å²) in [5, 5.41) is 14.7. The summed E-state index contributed by atoms with van der Waals surface area (Å²) < 4.78 is 0. The second-order valence-electron chi connectivity index (χ2n) is 8.03. The summed E-state index contributed by atoms with van der Waals surface area (Å²) in [7, 11) is 0. The zero-order valence-electron chi connectivity index (χ0n) is 18.3. The summed E-state index contributed by atoms with van der Waals surface area (Å²) >= 11 is 4.02. The van der Waals surface area contributed by atoms with Crippen LogP contribution in [0.3, 0.4) is 0 Å². The second kappa shape index (κ2) is 11.9. The molecule has 3 amide bonds. The molecule has 0 spiro atoms. The molecular formula is C20H32N6O5S. The van der Waals surface area contributed by atoms with Crippen LogP contribution in [-0.2, 0) is 25.6 Å². The molecule has 1 aliphatic rings. The summed E-state index contributed by atoms with van der Waals surface area (Å²) in [5.41, 5.74) is 6.37. The maximum Gasteiger partial charge on any atom is 0.326 e. The number of amides is 3. The average molecular weight is 469 g/mol. The van der Waals surface area contributed by atoms with Crippen molar-refractivity contribution in [3.8, 4) is 0 Å². The largest absolute Gasteiger partial charge is 0.480 e. The number of carboxylic acid groups (broad SMARTS) is 1. The molecule has 1 aromatic rings. The molecular weight excluding hydrogens is 436 g/mol. The van der Waals surface area contributed by atoms with E-state index in [1.807, 2.05) is 6.92 Å².